The van der Waals surface area contributed by atoms with Gasteiger partial charge in [0.1, 0.15) is 5.75 Å². The zero-order valence-electron chi connectivity index (χ0n) is 18.5. The molecule has 32 heavy (non-hydrogen) atoms. The number of rotatable bonds is 3. The van der Waals surface area contributed by atoms with Crippen LogP contribution in [0.5, 0.6) is 5.75 Å². The highest BCUT2D eigenvalue weighted by molar-refractivity contribution is 6.24. The second kappa shape index (κ2) is 6.32. The number of hydrogen-bond acceptors (Lipinski definition) is 3. The van der Waals surface area contributed by atoms with Crippen LogP contribution in [-0.2, 0) is 20.4 Å². The first-order valence-electron chi connectivity index (χ1n) is 11.2. The van der Waals surface area contributed by atoms with Gasteiger partial charge < -0.3 is 4.74 Å². The van der Waals surface area contributed by atoms with Crippen molar-refractivity contribution in [2.45, 2.75) is 31.6 Å². The van der Waals surface area contributed by atoms with Gasteiger partial charge in [0.05, 0.1) is 24.1 Å². The summed E-state index contributed by atoms with van der Waals surface area (Å²) in [6.07, 6.45) is 0. The lowest BCUT2D eigenvalue weighted by atomic mass is 9.42. The van der Waals surface area contributed by atoms with Gasteiger partial charge in [-0.15, -0.1) is 0 Å². The number of carbonyl (C=O) groups is 2. The number of hydrogen-bond donors (Lipinski definition) is 0. The standard InChI is InChI=1S/C28H25NO3/c1-4-32-18-15-13-17(14-16-18)29-25(30)23-24(26(29)31)28(3)21-11-7-5-9-19(21)27(23,2)20-10-6-8-12-22(20)28/h5-16,23-24H,4H2,1-3H3. The van der Waals surface area contributed by atoms with Gasteiger partial charge in [-0.3, -0.25) is 9.59 Å². The van der Waals surface area contributed by atoms with Crippen LogP contribution in [0.4, 0.5) is 5.69 Å². The summed E-state index contributed by atoms with van der Waals surface area (Å²) in [5.74, 6) is -0.358. The highest BCUT2D eigenvalue weighted by Crippen LogP contribution is 2.66. The monoisotopic (exact) mass is 423 g/mol. The summed E-state index contributed by atoms with van der Waals surface area (Å²) in [4.78, 5) is 29.4. The van der Waals surface area contributed by atoms with Crippen molar-refractivity contribution in [3.8, 4) is 5.75 Å². The Kier molecular flexibility index (Phi) is 3.81. The van der Waals surface area contributed by atoms with E-state index in [1.54, 1.807) is 0 Å². The topological polar surface area (TPSA) is 46.6 Å². The summed E-state index contributed by atoms with van der Waals surface area (Å²) >= 11 is 0. The zero-order valence-corrected chi connectivity index (χ0v) is 18.5. The summed E-state index contributed by atoms with van der Waals surface area (Å²) in [5, 5.41) is 0. The van der Waals surface area contributed by atoms with E-state index >= 15 is 0 Å². The quantitative estimate of drug-likeness (QED) is 0.567. The van der Waals surface area contributed by atoms with Gasteiger partial charge in [-0.25, -0.2) is 4.90 Å². The molecule has 4 nitrogen and oxygen atoms in total. The molecule has 1 heterocycles. The van der Waals surface area contributed by atoms with Crippen LogP contribution < -0.4 is 9.64 Å². The van der Waals surface area contributed by atoms with Crippen LogP contribution in [0.2, 0.25) is 0 Å². The number of imide groups is 1. The van der Waals surface area contributed by atoms with Crippen molar-refractivity contribution in [1.82, 2.24) is 0 Å². The van der Waals surface area contributed by atoms with Crippen molar-refractivity contribution >= 4 is 17.5 Å². The molecule has 3 aromatic rings. The zero-order chi connectivity index (χ0) is 22.3. The van der Waals surface area contributed by atoms with Crippen molar-refractivity contribution in [3.05, 3.63) is 95.1 Å². The molecule has 2 unspecified atom stereocenters. The second-order valence-electron chi connectivity index (χ2n) is 9.39. The molecule has 0 spiro atoms. The molecule has 1 aliphatic heterocycles. The van der Waals surface area contributed by atoms with E-state index in [4.69, 9.17) is 4.74 Å². The summed E-state index contributed by atoms with van der Waals surface area (Å²) in [5.41, 5.74) is 4.16. The van der Waals surface area contributed by atoms with Crippen molar-refractivity contribution in [2.75, 3.05) is 11.5 Å². The molecule has 1 saturated heterocycles. The van der Waals surface area contributed by atoms with E-state index in [9.17, 15) is 9.59 Å². The van der Waals surface area contributed by atoms with Crippen LogP contribution in [0.1, 0.15) is 43.0 Å². The molecule has 160 valence electrons. The molecule has 0 saturated carbocycles. The molecule has 0 aromatic heterocycles. The van der Waals surface area contributed by atoms with E-state index in [-0.39, 0.29) is 11.8 Å². The van der Waals surface area contributed by atoms with Crippen molar-refractivity contribution in [3.63, 3.8) is 0 Å². The predicted molar refractivity (Wildman–Crippen MR) is 123 cm³/mol. The number of ether oxygens (including phenoxy) is 1. The highest BCUT2D eigenvalue weighted by atomic mass is 16.5. The summed E-state index contributed by atoms with van der Waals surface area (Å²) < 4.78 is 5.54. The maximum Gasteiger partial charge on any atom is 0.238 e. The lowest BCUT2D eigenvalue weighted by Gasteiger charge is -2.57. The molecular formula is C28H25NO3. The average Bonchev–Trinajstić information content (AvgIpc) is 3.09. The van der Waals surface area contributed by atoms with Crippen LogP contribution in [0, 0.1) is 11.8 Å². The predicted octanol–water partition coefficient (Wildman–Crippen LogP) is 4.83. The van der Waals surface area contributed by atoms with E-state index < -0.39 is 22.7 Å². The molecule has 0 N–H and O–H groups in total. The lowest BCUT2D eigenvalue weighted by Crippen LogP contribution is -2.59. The first kappa shape index (κ1) is 19.3. The Bertz CT molecular complexity index is 1150. The van der Waals surface area contributed by atoms with Crippen molar-refractivity contribution in [2.24, 2.45) is 11.8 Å². The van der Waals surface area contributed by atoms with Crippen LogP contribution in [0.25, 0.3) is 0 Å². The number of amides is 2. The molecule has 3 aliphatic carbocycles. The molecule has 1 fully saturated rings. The molecule has 4 heteroatoms. The van der Waals surface area contributed by atoms with Crippen LogP contribution >= 0.6 is 0 Å². The average molecular weight is 424 g/mol. The lowest BCUT2D eigenvalue weighted by molar-refractivity contribution is -0.124. The summed E-state index contributed by atoms with van der Waals surface area (Å²) in [7, 11) is 0. The van der Waals surface area contributed by atoms with Gasteiger partial charge >= 0.3 is 0 Å². The SMILES string of the molecule is CCOc1ccc(N2C(=O)C3C(C2=O)C2(C)c4ccccc4C3(C)c3ccccc32)cc1. The summed E-state index contributed by atoms with van der Waals surface area (Å²) in [6, 6.07) is 24.0. The minimum Gasteiger partial charge on any atom is -0.494 e. The number of nitrogens with zero attached hydrogens (tertiary/aromatic N) is 1. The molecule has 2 atom stereocenters. The molecule has 2 amide bonds. The third-order valence-electron chi connectivity index (χ3n) is 8.05. The molecule has 4 aliphatic rings. The molecule has 2 bridgehead atoms. The first-order valence-corrected chi connectivity index (χ1v) is 11.2. The minimum atomic E-state index is -0.553. The van der Waals surface area contributed by atoms with Crippen LogP contribution in [0.15, 0.2) is 72.8 Å². The van der Waals surface area contributed by atoms with E-state index in [0.29, 0.717) is 12.3 Å². The Balaban J connectivity index is 1.57. The fourth-order valence-corrected chi connectivity index (χ4v) is 6.68. The third kappa shape index (κ3) is 2.08. The van der Waals surface area contributed by atoms with Gasteiger partial charge in [0.2, 0.25) is 11.8 Å². The van der Waals surface area contributed by atoms with Gasteiger partial charge in [0.25, 0.3) is 0 Å². The van der Waals surface area contributed by atoms with Gasteiger partial charge in [0, 0.05) is 10.8 Å². The van der Waals surface area contributed by atoms with Gasteiger partial charge in [0.15, 0.2) is 0 Å². The van der Waals surface area contributed by atoms with Gasteiger partial charge in [-0.2, -0.15) is 0 Å². The Morgan fingerprint density at radius 3 is 1.50 bits per heavy atom. The fraction of sp³-hybridized carbons (Fsp3) is 0.286. The van der Waals surface area contributed by atoms with Gasteiger partial charge in [-0.05, 0) is 53.4 Å². The van der Waals surface area contributed by atoms with Gasteiger partial charge in [-0.1, -0.05) is 62.4 Å². The number of benzene rings is 3. The molecular weight excluding hydrogens is 398 g/mol. The van der Waals surface area contributed by atoms with Crippen molar-refractivity contribution in [1.29, 1.82) is 0 Å². The maximum absolute atomic E-state index is 14.0. The smallest absolute Gasteiger partial charge is 0.238 e. The molecule has 0 radical (unpaired) electrons. The third-order valence-corrected chi connectivity index (χ3v) is 8.05. The Labute approximate surface area is 187 Å². The fourth-order valence-electron chi connectivity index (χ4n) is 6.68. The molecule has 3 aromatic carbocycles. The van der Waals surface area contributed by atoms with E-state index in [1.165, 1.54) is 4.90 Å². The Morgan fingerprint density at radius 2 is 1.12 bits per heavy atom. The second-order valence-corrected chi connectivity index (χ2v) is 9.39. The number of carbonyl (C=O) groups excluding carboxylic acids is 2. The molecule has 7 rings (SSSR count). The Hall–Kier alpha value is -3.40. The van der Waals surface area contributed by atoms with E-state index in [2.05, 4.69) is 38.1 Å². The van der Waals surface area contributed by atoms with E-state index in [0.717, 1.165) is 28.0 Å². The van der Waals surface area contributed by atoms with Crippen LogP contribution in [-0.4, -0.2) is 18.4 Å². The Morgan fingerprint density at radius 1 is 0.719 bits per heavy atom. The van der Waals surface area contributed by atoms with E-state index in [1.807, 2.05) is 55.5 Å². The minimum absolute atomic E-state index is 0.109. The van der Waals surface area contributed by atoms with Crippen molar-refractivity contribution < 1.29 is 14.3 Å². The summed E-state index contributed by atoms with van der Waals surface area (Å²) in [6.45, 7) is 6.79. The largest absolute Gasteiger partial charge is 0.494 e. The maximum atomic E-state index is 14.0. The first-order chi connectivity index (χ1) is 15.4. The normalized spacial score (nSPS) is 29.5. The van der Waals surface area contributed by atoms with Crippen LogP contribution in [0.3, 0.4) is 0 Å². The number of anilines is 1. The highest BCUT2D eigenvalue weighted by Gasteiger charge is 2.70.